The summed E-state index contributed by atoms with van der Waals surface area (Å²) < 4.78 is 43.1. The number of rotatable bonds is 9. The Labute approximate surface area is 185 Å². The van der Waals surface area contributed by atoms with Gasteiger partial charge in [-0.05, 0) is 48.5 Å². The van der Waals surface area contributed by atoms with Crippen LogP contribution in [0, 0.1) is 0 Å². The third-order valence-corrected chi connectivity index (χ3v) is 5.87. The number of sulfonamides is 1. The molecule has 3 aromatic rings. The van der Waals surface area contributed by atoms with Crippen molar-refractivity contribution in [3.8, 4) is 5.75 Å². The van der Waals surface area contributed by atoms with Gasteiger partial charge in [0.15, 0.2) is 6.61 Å². The van der Waals surface area contributed by atoms with Crippen LogP contribution in [0.25, 0.3) is 0 Å². The number of carbonyl (C=O) groups excluding carboxylic acids is 2. The van der Waals surface area contributed by atoms with Crippen LogP contribution in [0.4, 0.5) is 5.69 Å². The Morgan fingerprint density at radius 1 is 1.03 bits per heavy atom. The van der Waals surface area contributed by atoms with Crippen molar-refractivity contribution >= 4 is 27.6 Å². The number of esters is 1. The number of carbonyl (C=O) groups is 2. The number of amides is 1. The minimum absolute atomic E-state index is 0.00352. The first-order valence-corrected chi connectivity index (χ1v) is 11.0. The minimum atomic E-state index is -3.97. The first-order valence-electron chi connectivity index (χ1n) is 9.49. The number of ether oxygens (including phenoxy) is 2. The van der Waals surface area contributed by atoms with E-state index in [0.29, 0.717) is 11.5 Å². The Morgan fingerprint density at radius 2 is 1.75 bits per heavy atom. The monoisotopic (exact) mass is 458 g/mol. The molecule has 0 aliphatic heterocycles. The molecule has 0 bridgehead atoms. The zero-order valence-electron chi connectivity index (χ0n) is 17.5. The predicted molar refractivity (Wildman–Crippen MR) is 116 cm³/mol. The van der Waals surface area contributed by atoms with Crippen LogP contribution in [0.15, 0.2) is 76.2 Å². The summed E-state index contributed by atoms with van der Waals surface area (Å²) in [5, 5.41) is 0. The zero-order valence-corrected chi connectivity index (χ0v) is 18.3. The van der Waals surface area contributed by atoms with Crippen LogP contribution < -0.4 is 9.46 Å². The van der Waals surface area contributed by atoms with Gasteiger partial charge in [-0.15, -0.1) is 0 Å². The number of benzene rings is 2. The third kappa shape index (κ3) is 5.67. The lowest BCUT2D eigenvalue weighted by Gasteiger charge is -2.16. The van der Waals surface area contributed by atoms with Gasteiger partial charge in [-0.2, -0.15) is 0 Å². The summed E-state index contributed by atoms with van der Waals surface area (Å²) in [6, 6.07) is 15.2. The molecule has 0 fully saturated rings. The van der Waals surface area contributed by atoms with Crippen LogP contribution in [-0.2, 0) is 26.1 Å². The van der Waals surface area contributed by atoms with Crippen molar-refractivity contribution < 1.29 is 31.9 Å². The molecule has 0 saturated carbocycles. The maximum Gasteiger partial charge on any atom is 0.340 e. The highest BCUT2D eigenvalue weighted by molar-refractivity contribution is 7.92. The molecule has 168 valence electrons. The number of hydrogen-bond donors (Lipinski definition) is 1. The van der Waals surface area contributed by atoms with E-state index < -0.39 is 28.5 Å². The summed E-state index contributed by atoms with van der Waals surface area (Å²) in [7, 11) is -0.940. The quantitative estimate of drug-likeness (QED) is 0.490. The molecule has 0 aliphatic rings. The van der Waals surface area contributed by atoms with Crippen LogP contribution in [0.5, 0.6) is 5.75 Å². The topological polar surface area (TPSA) is 115 Å². The van der Waals surface area contributed by atoms with Gasteiger partial charge in [0, 0.05) is 7.05 Å². The first kappa shape index (κ1) is 22.9. The summed E-state index contributed by atoms with van der Waals surface area (Å²) in [6.07, 6.45) is 1.50. The SMILES string of the molecule is COc1ccc(S(=O)(=O)Nc2ccccc2C(=O)OCC(=O)N(C)Cc2ccco2)cc1. The van der Waals surface area contributed by atoms with Gasteiger partial charge < -0.3 is 18.8 Å². The Hall–Kier alpha value is -3.79. The summed E-state index contributed by atoms with van der Waals surface area (Å²) in [5.74, 6) is -0.177. The Kier molecular flexibility index (Phi) is 7.16. The maximum absolute atomic E-state index is 12.7. The van der Waals surface area contributed by atoms with E-state index in [1.54, 1.807) is 31.3 Å². The van der Waals surface area contributed by atoms with E-state index in [9.17, 15) is 18.0 Å². The number of nitrogens with zero attached hydrogens (tertiary/aromatic N) is 1. The van der Waals surface area contributed by atoms with Crippen LogP contribution in [0.1, 0.15) is 16.1 Å². The van der Waals surface area contributed by atoms with Crippen molar-refractivity contribution in [3.05, 3.63) is 78.3 Å². The highest BCUT2D eigenvalue weighted by Crippen LogP contribution is 2.22. The van der Waals surface area contributed by atoms with E-state index >= 15 is 0 Å². The molecule has 9 nitrogen and oxygen atoms in total. The number of furan rings is 1. The second-order valence-corrected chi connectivity index (χ2v) is 8.41. The van der Waals surface area contributed by atoms with E-state index in [2.05, 4.69) is 4.72 Å². The normalized spacial score (nSPS) is 10.9. The molecule has 0 atom stereocenters. The number of likely N-dealkylation sites (N-methyl/N-ethyl adjacent to an activating group) is 1. The number of para-hydroxylation sites is 1. The smallest absolute Gasteiger partial charge is 0.340 e. The fraction of sp³-hybridized carbons (Fsp3) is 0.182. The molecule has 0 spiro atoms. The fourth-order valence-electron chi connectivity index (χ4n) is 2.75. The largest absolute Gasteiger partial charge is 0.497 e. The van der Waals surface area contributed by atoms with E-state index in [0.717, 1.165) is 0 Å². The van der Waals surface area contributed by atoms with Crippen molar-refractivity contribution in [2.75, 3.05) is 25.5 Å². The molecule has 3 rings (SSSR count). The molecule has 32 heavy (non-hydrogen) atoms. The molecule has 1 amide bonds. The van der Waals surface area contributed by atoms with Gasteiger partial charge in [-0.3, -0.25) is 9.52 Å². The average molecular weight is 458 g/mol. The second kappa shape index (κ2) is 10.0. The van der Waals surface area contributed by atoms with Crippen molar-refractivity contribution in [2.45, 2.75) is 11.4 Å². The Bertz CT molecular complexity index is 1170. The lowest BCUT2D eigenvalue weighted by molar-refractivity contribution is -0.133. The number of methoxy groups -OCH3 is 1. The third-order valence-electron chi connectivity index (χ3n) is 4.49. The van der Waals surface area contributed by atoms with Gasteiger partial charge in [0.2, 0.25) is 0 Å². The number of hydrogen-bond acceptors (Lipinski definition) is 7. The van der Waals surface area contributed by atoms with Crippen molar-refractivity contribution in [1.29, 1.82) is 0 Å². The van der Waals surface area contributed by atoms with E-state index in [1.807, 2.05) is 0 Å². The van der Waals surface area contributed by atoms with Gasteiger partial charge in [0.25, 0.3) is 15.9 Å². The van der Waals surface area contributed by atoms with Crippen LogP contribution >= 0.6 is 0 Å². The van der Waals surface area contributed by atoms with Gasteiger partial charge in [0.05, 0.1) is 36.1 Å². The average Bonchev–Trinajstić information content (AvgIpc) is 3.30. The standard InChI is InChI=1S/C22H22N2O7S/c1-24(14-17-6-5-13-30-17)21(25)15-31-22(26)19-7-3-4-8-20(19)23-32(27,28)18-11-9-16(29-2)10-12-18/h3-13,23H,14-15H2,1-2H3. The predicted octanol–water partition coefficient (Wildman–Crippen LogP) is 2.90. The van der Waals surface area contributed by atoms with Gasteiger partial charge in [0.1, 0.15) is 11.5 Å². The molecule has 0 saturated heterocycles. The molecule has 1 N–H and O–H groups in total. The number of nitrogens with one attached hydrogen (secondary N) is 1. The molecule has 2 aromatic carbocycles. The van der Waals surface area contributed by atoms with E-state index in [4.69, 9.17) is 13.9 Å². The first-order chi connectivity index (χ1) is 15.3. The van der Waals surface area contributed by atoms with Crippen molar-refractivity contribution in [2.24, 2.45) is 0 Å². The van der Waals surface area contributed by atoms with Crippen LogP contribution in [0.2, 0.25) is 0 Å². The maximum atomic E-state index is 12.7. The highest BCUT2D eigenvalue weighted by atomic mass is 32.2. The minimum Gasteiger partial charge on any atom is -0.497 e. The van der Waals surface area contributed by atoms with Gasteiger partial charge in [-0.25, -0.2) is 13.2 Å². The molecule has 10 heteroatoms. The van der Waals surface area contributed by atoms with Crippen molar-refractivity contribution in [3.63, 3.8) is 0 Å². The van der Waals surface area contributed by atoms with Crippen molar-refractivity contribution in [1.82, 2.24) is 4.90 Å². The Balaban J connectivity index is 1.67. The second-order valence-electron chi connectivity index (χ2n) is 6.73. The molecule has 0 radical (unpaired) electrons. The molecular formula is C22H22N2O7S. The molecular weight excluding hydrogens is 436 g/mol. The van der Waals surface area contributed by atoms with Crippen LogP contribution in [0.3, 0.4) is 0 Å². The number of anilines is 1. The lowest BCUT2D eigenvalue weighted by Crippen LogP contribution is -2.30. The molecule has 0 unspecified atom stereocenters. The zero-order chi connectivity index (χ0) is 23.1. The van der Waals surface area contributed by atoms with E-state index in [1.165, 1.54) is 54.7 Å². The summed E-state index contributed by atoms with van der Waals surface area (Å²) in [6.45, 7) is -0.281. The van der Waals surface area contributed by atoms with Gasteiger partial charge >= 0.3 is 5.97 Å². The van der Waals surface area contributed by atoms with E-state index in [-0.39, 0.29) is 22.7 Å². The fourth-order valence-corrected chi connectivity index (χ4v) is 3.83. The molecule has 0 aliphatic carbocycles. The summed E-state index contributed by atoms with van der Waals surface area (Å²) >= 11 is 0. The van der Waals surface area contributed by atoms with Gasteiger partial charge in [-0.1, -0.05) is 12.1 Å². The highest BCUT2D eigenvalue weighted by Gasteiger charge is 2.21. The summed E-state index contributed by atoms with van der Waals surface area (Å²) in [4.78, 5) is 26.1. The lowest BCUT2D eigenvalue weighted by atomic mass is 10.2. The Morgan fingerprint density at radius 3 is 2.41 bits per heavy atom. The molecule has 1 heterocycles. The van der Waals surface area contributed by atoms with Crippen LogP contribution in [-0.4, -0.2) is 46.0 Å². The summed E-state index contributed by atoms with van der Waals surface area (Å²) in [5.41, 5.74) is 0.00998. The molecule has 1 aromatic heterocycles.